The second-order valence-electron chi connectivity index (χ2n) is 12.6. The number of hydrogen-bond acceptors (Lipinski definition) is 3. The maximum atomic E-state index is 11.7. The predicted octanol–water partition coefficient (Wildman–Crippen LogP) is 12.4. The third kappa shape index (κ3) is 9.85. The van der Waals surface area contributed by atoms with E-state index < -0.39 is 0 Å². The maximum absolute atomic E-state index is 11.7. The summed E-state index contributed by atoms with van der Waals surface area (Å²) in [6.45, 7) is 10.4. The van der Waals surface area contributed by atoms with Gasteiger partial charge in [-0.05, 0) is 91.3 Å². The molecule has 0 saturated heterocycles. The first-order chi connectivity index (χ1) is 21.4. The van der Waals surface area contributed by atoms with Crippen molar-refractivity contribution in [3.8, 4) is 11.3 Å². The summed E-state index contributed by atoms with van der Waals surface area (Å²) < 4.78 is 0. The van der Waals surface area contributed by atoms with Gasteiger partial charge in [-0.3, -0.25) is 4.79 Å². The van der Waals surface area contributed by atoms with Gasteiger partial charge in [-0.2, -0.15) is 0 Å². The summed E-state index contributed by atoms with van der Waals surface area (Å²) in [5, 5.41) is 14.7. The Hall–Kier alpha value is -2.81. The van der Waals surface area contributed by atoms with Crippen LogP contribution in [-0.2, 0) is 24.9 Å². The van der Waals surface area contributed by atoms with E-state index in [1.54, 1.807) is 0 Å². The van der Waals surface area contributed by atoms with E-state index in [0.29, 0.717) is 5.92 Å². The molecule has 0 atom stereocenters. The first-order valence-electron chi connectivity index (χ1n) is 17.2. The van der Waals surface area contributed by atoms with Gasteiger partial charge in [-0.25, -0.2) is 0 Å². The summed E-state index contributed by atoms with van der Waals surface area (Å²) in [6.07, 6.45) is 15.1. The Balaban J connectivity index is 0.000000375. The van der Waals surface area contributed by atoms with E-state index >= 15 is 0 Å². The molecule has 1 aliphatic rings. The Kier molecular flexibility index (Phi) is 16.9. The Morgan fingerprint density at radius 1 is 0.870 bits per heavy atom. The van der Waals surface area contributed by atoms with Gasteiger partial charge in [0.25, 0.3) is 0 Å². The van der Waals surface area contributed by atoms with Crippen molar-refractivity contribution >= 4 is 27.3 Å². The molecule has 46 heavy (non-hydrogen) atoms. The minimum atomic E-state index is 0. The van der Waals surface area contributed by atoms with E-state index in [1.165, 1.54) is 71.7 Å². The van der Waals surface area contributed by atoms with Gasteiger partial charge >= 0.3 is 0 Å². The van der Waals surface area contributed by atoms with Crippen LogP contribution in [0.2, 0.25) is 0 Å². The van der Waals surface area contributed by atoms with Gasteiger partial charge in [-0.1, -0.05) is 103 Å². The van der Waals surface area contributed by atoms with Crippen LogP contribution in [0, 0.1) is 23.8 Å². The van der Waals surface area contributed by atoms with Gasteiger partial charge in [0.2, 0.25) is 0 Å². The summed E-state index contributed by atoms with van der Waals surface area (Å²) in [5.74, 6) is 2.22. The number of rotatable bonds is 11. The molecule has 3 nitrogen and oxygen atoms in total. The molecule has 1 aromatic heterocycles. The zero-order valence-corrected chi connectivity index (χ0v) is 30.3. The molecule has 1 aliphatic carbocycles. The van der Waals surface area contributed by atoms with Crippen LogP contribution in [0.5, 0.6) is 0 Å². The van der Waals surface area contributed by atoms with E-state index in [-0.39, 0.29) is 50.9 Å². The fraction of sp³-hybridized carbons (Fsp3) is 0.476. The largest absolute Gasteiger partial charge is 0.512 e. The molecule has 0 amide bonds. The van der Waals surface area contributed by atoms with Gasteiger partial charge in [0.05, 0.1) is 5.76 Å². The number of allylic oxidation sites excluding steroid dienone is 2. The van der Waals surface area contributed by atoms with Crippen LogP contribution in [-0.4, -0.2) is 15.9 Å². The number of aliphatic hydroxyl groups is 1. The van der Waals surface area contributed by atoms with Crippen molar-refractivity contribution in [3.05, 3.63) is 90.3 Å². The second-order valence-corrected chi connectivity index (χ2v) is 12.6. The van der Waals surface area contributed by atoms with Crippen molar-refractivity contribution < 1.29 is 30.0 Å². The zero-order valence-electron chi connectivity index (χ0n) is 27.9. The van der Waals surface area contributed by atoms with Crippen molar-refractivity contribution in [1.29, 1.82) is 0 Å². The number of carbonyl (C=O) groups is 1. The molecule has 0 spiro atoms. The molecule has 0 aliphatic heterocycles. The average molecular weight is 799 g/mol. The summed E-state index contributed by atoms with van der Waals surface area (Å²) in [4.78, 5) is 16.5. The van der Waals surface area contributed by atoms with Crippen molar-refractivity contribution in [1.82, 2.24) is 4.98 Å². The van der Waals surface area contributed by atoms with E-state index in [0.717, 1.165) is 42.9 Å². The normalized spacial score (nSPS) is 16.5. The number of aromatic nitrogens is 1. The summed E-state index contributed by atoms with van der Waals surface area (Å²) in [5.41, 5.74) is 3.64. The average Bonchev–Trinajstić information content (AvgIpc) is 3.06. The van der Waals surface area contributed by atoms with Gasteiger partial charge in [0.15, 0.2) is 5.78 Å². The standard InChI is InChI=1S/C28H28N.C13H24O2.CH4.Ir/c1-2-6-20-11-13-21(14-12-20)23-15-16-26-24(19-23)17-18-29-28(26)27-10-5-8-22-7-3-4-9-25(22)27;1-5-10(6-2)12(14)9-13(15)11(7-3)8-4;;/h3-5,7-9,15-21H,2,6,11-14H2,1H3;9-11,14H,5-8H2,1-4H3;1H4;/q-1;;;. The minimum absolute atomic E-state index is 0. The van der Waals surface area contributed by atoms with Crippen molar-refractivity contribution in [2.45, 2.75) is 112 Å². The molecule has 1 heterocycles. The Bertz CT molecular complexity index is 1520. The third-order valence-corrected chi connectivity index (χ3v) is 9.84. The fourth-order valence-electron chi connectivity index (χ4n) is 6.98. The smallest absolute Gasteiger partial charge is 0.162 e. The van der Waals surface area contributed by atoms with Crippen molar-refractivity contribution in [2.24, 2.45) is 17.8 Å². The number of aliphatic hydroxyl groups excluding tert-OH is 1. The van der Waals surface area contributed by atoms with Crippen LogP contribution in [0.15, 0.2) is 78.7 Å². The van der Waals surface area contributed by atoms with Gasteiger partial charge < -0.3 is 10.1 Å². The second kappa shape index (κ2) is 19.8. The zero-order chi connectivity index (χ0) is 31.5. The number of ketones is 1. The van der Waals surface area contributed by atoms with E-state index in [1.807, 2.05) is 40.0 Å². The fourth-order valence-corrected chi connectivity index (χ4v) is 6.98. The Morgan fingerprint density at radius 3 is 2.20 bits per heavy atom. The molecule has 1 N–H and O–H groups in total. The van der Waals surface area contributed by atoms with Crippen LogP contribution in [0.3, 0.4) is 0 Å². The molecule has 5 rings (SSSR count). The van der Waals surface area contributed by atoms with Crippen LogP contribution >= 0.6 is 0 Å². The summed E-state index contributed by atoms with van der Waals surface area (Å²) in [6, 6.07) is 25.3. The molecule has 0 unspecified atom stereocenters. The molecule has 3 aromatic carbocycles. The number of hydrogen-bond donors (Lipinski definition) is 1. The van der Waals surface area contributed by atoms with Gasteiger partial charge in [0.1, 0.15) is 0 Å². The van der Waals surface area contributed by atoms with E-state index in [4.69, 9.17) is 4.98 Å². The van der Waals surface area contributed by atoms with Crippen LogP contribution in [0.1, 0.15) is 118 Å². The molecule has 4 aromatic rings. The van der Waals surface area contributed by atoms with E-state index in [9.17, 15) is 9.90 Å². The Labute approximate surface area is 292 Å². The minimum Gasteiger partial charge on any atom is -0.512 e. The van der Waals surface area contributed by atoms with Crippen LogP contribution < -0.4 is 0 Å². The number of fused-ring (bicyclic) bond motifs is 2. The van der Waals surface area contributed by atoms with Crippen LogP contribution in [0.25, 0.3) is 32.8 Å². The molecule has 1 fully saturated rings. The number of carbonyl (C=O) groups excluding carboxylic acids is 1. The topological polar surface area (TPSA) is 50.2 Å². The maximum Gasteiger partial charge on any atom is 0.162 e. The monoisotopic (exact) mass is 799 g/mol. The van der Waals surface area contributed by atoms with E-state index in [2.05, 4.69) is 67.6 Å². The van der Waals surface area contributed by atoms with Crippen molar-refractivity contribution in [2.75, 3.05) is 0 Å². The number of nitrogens with zero attached hydrogens (tertiary/aromatic N) is 1. The molecular formula is C42H56IrNO2-. The quantitative estimate of drug-likeness (QED) is 0.0934. The summed E-state index contributed by atoms with van der Waals surface area (Å²) in [7, 11) is 0. The van der Waals surface area contributed by atoms with Crippen LogP contribution in [0.4, 0.5) is 0 Å². The van der Waals surface area contributed by atoms with Crippen molar-refractivity contribution in [3.63, 3.8) is 0 Å². The molecule has 4 heteroatoms. The number of benzene rings is 3. The number of pyridine rings is 1. The first kappa shape index (κ1) is 39.4. The molecule has 0 bridgehead atoms. The third-order valence-electron chi connectivity index (χ3n) is 9.84. The molecule has 251 valence electrons. The summed E-state index contributed by atoms with van der Waals surface area (Å²) >= 11 is 0. The molecular weight excluding hydrogens is 743 g/mol. The first-order valence-corrected chi connectivity index (χ1v) is 17.2. The molecule has 1 radical (unpaired) electrons. The van der Waals surface area contributed by atoms with Gasteiger partial charge in [-0.15, -0.1) is 29.1 Å². The predicted molar refractivity (Wildman–Crippen MR) is 194 cm³/mol. The SMILES string of the molecule is C.CCC(CC)C(=O)C=C(O)C(CC)CC.CCCC1CCC(c2ccc3c(-c4[c-]ccc5ccccc45)nccc3c2)CC1.[Ir]. The molecule has 1 saturated carbocycles. The Morgan fingerprint density at radius 2 is 1.54 bits per heavy atom. The van der Waals surface area contributed by atoms with Gasteiger partial charge in [0, 0.05) is 44.2 Å².